The van der Waals surface area contributed by atoms with Crippen LogP contribution >= 0.6 is 0 Å². The summed E-state index contributed by atoms with van der Waals surface area (Å²) in [5, 5.41) is 10.3. The van der Waals surface area contributed by atoms with Crippen molar-refractivity contribution in [1.29, 1.82) is 0 Å². The molecular weight excluding hydrogens is 256 g/mol. The summed E-state index contributed by atoms with van der Waals surface area (Å²) >= 11 is 0. The molecule has 0 aliphatic heterocycles. The van der Waals surface area contributed by atoms with Crippen LogP contribution < -0.4 is 0 Å². The third kappa shape index (κ3) is 20.0. The zero-order valence-corrected chi connectivity index (χ0v) is 15.0. The van der Waals surface area contributed by atoms with Crippen molar-refractivity contribution in [3.63, 3.8) is 0 Å². The van der Waals surface area contributed by atoms with Crippen LogP contribution in [0.3, 0.4) is 0 Å². The molecule has 0 heterocycles. The first-order chi connectivity index (χ1) is 10.3. The second kappa shape index (κ2) is 18.0. The predicted octanol–water partition coefficient (Wildman–Crippen LogP) is 7.31. The van der Waals surface area contributed by atoms with Crippen LogP contribution in [0, 0.1) is 5.92 Å². The van der Waals surface area contributed by atoms with Gasteiger partial charge in [0.15, 0.2) is 0 Å². The van der Waals surface area contributed by atoms with E-state index in [-0.39, 0.29) is 6.61 Å². The van der Waals surface area contributed by atoms with Crippen molar-refractivity contribution in [3.8, 4) is 0 Å². The minimum atomic E-state index is 0.123. The molecule has 0 spiro atoms. The van der Waals surface area contributed by atoms with E-state index in [1.165, 1.54) is 89.9 Å². The Morgan fingerprint density at radius 2 is 0.762 bits per heavy atom. The number of hydrogen-bond acceptors (Lipinski definition) is 0. The maximum atomic E-state index is 10.3. The maximum absolute atomic E-state index is 10.3. The highest BCUT2D eigenvalue weighted by atomic mass is 16.2. The van der Waals surface area contributed by atoms with E-state index in [2.05, 4.69) is 13.8 Å². The standard InChI is InChI=1S/C20H41O/c1-20(2)18-16-14-12-10-8-6-4-3-5-7-9-11-13-15-17-19-21/h20H,3-19H2,1-2H3. The van der Waals surface area contributed by atoms with E-state index in [0.717, 1.165) is 18.8 Å². The van der Waals surface area contributed by atoms with Crippen LogP contribution in [0.1, 0.15) is 117 Å². The molecule has 0 aliphatic rings. The third-order valence-corrected chi connectivity index (χ3v) is 4.43. The molecule has 21 heavy (non-hydrogen) atoms. The Hall–Kier alpha value is -0.0400. The molecule has 0 fully saturated rings. The minimum Gasteiger partial charge on any atom is -0.237 e. The highest BCUT2D eigenvalue weighted by Crippen LogP contribution is 2.14. The van der Waals surface area contributed by atoms with Crippen LogP contribution in [0.5, 0.6) is 0 Å². The molecule has 0 aromatic heterocycles. The topological polar surface area (TPSA) is 19.9 Å². The molecule has 0 N–H and O–H groups in total. The lowest BCUT2D eigenvalue weighted by Gasteiger charge is -2.05. The van der Waals surface area contributed by atoms with Gasteiger partial charge in [-0.25, -0.2) is 5.11 Å². The Labute approximate surface area is 134 Å². The van der Waals surface area contributed by atoms with Crippen LogP contribution in [0.15, 0.2) is 0 Å². The molecular formula is C20H41O. The van der Waals surface area contributed by atoms with E-state index in [9.17, 15) is 5.11 Å². The third-order valence-electron chi connectivity index (χ3n) is 4.43. The lowest BCUT2D eigenvalue weighted by molar-refractivity contribution is 0.186. The lowest BCUT2D eigenvalue weighted by Crippen LogP contribution is -1.87. The van der Waals surface area contributed by atoms with Gasteiger partial charge in [0.25, 0.3) is 0 Å². The van der Waals surface area contributed by atoms with E-state index in [1.54, 1.807) is 0 Å². The van der Waals surface area contributed by atoms with Gasteiger partial charge in [-0.3, -0.25) is 0 Å². The molecule has 0 aliphatic carbocycles. The Morgan fingerprint density at radius 1 is 0.476 bits per heavy atom. The average molecular weight is 298 g/mol. The van der Waals surface area contributed by atoms with Crippen LogP contribution in [0.25, 0.3) is 0 Å². The number of hydrogen-bond donors (Lipinski definition) is 0. The van der Waals surface area contributed by atoms with Gasteiger partial charge in [0.2, 0.25) is 0 Å². The van der Waals surface area contributed by atoms with Gasteiger partial charge in [0.05, 0.1) is 6.61 Å². The van der Waals surface area contributed by atoms with Crippen LogP contribution in [0.4, 0.5) is 0 Å². The Bertz CT molecular complexity index is 177. The first kappa shape index (κ1) is 21.0. The summed E-state index contributed by atoms with van der Waals surface area (Å²) in [6, 6.07) is 0. The van der Waals surface area contributed by atoms with E-state index in [4.69, 9.17) is 0 Å². The molecule has 0 bridgehead atoms. The zero-order chi connectivity index (χ0) is 15.6. The molecule has 0 saturated carbocycles. The maximum Gasteiger partial charge on any atom is 0.0822 e. The summed E-state index contributed by atoms with van der Waals surface area (Å²) in [7, 11) is 0. The van der Waals surface area contributed by atoms with Gasteiger partial charge in [-0.2, -0.15) is 0 Å². The second-order valence-electron chi connectivity index (χ2n) is 7.19. The van der Waals surface area contributed by atoms with Crippen molar-refractivity contribution in [3.05, 3.63) is 0 Å². The van der Waals surface area contributed by atoms with Gasteiger partial charge in [-0.05, 0) is 12.3 Å². The van der Waals surface area contributed by atoms with Crippen molar-refractivity contribution in [2.75, 3.05) is 6.61 Å². The summed E-state index contributed by atoms with van der Waals surface area (Å²) in [5.41, 5.74) is 0. The molecule has 0 aromatic rings. The number of rotatable bonds is 17. The van der Waals surface area contributed by atoms with E-state index in [1.807, 2.05) is 0 Å². The lowest BCUT2D eigenvalue weighted by atomic mass is 10.0. The van der Waals surface area contributed by atoms with Gasteiger partial charge in [-0.1, -0.05) is 110 Å². The molecule has 0 amide bonds. The quantitative estimate of drug-likeness (QED) is 0.251. The summed E-state index contributed by atoms with van der Waals surface area (Å²) in [6.07, 6.45) is 21.9. The van der Waals surface area contributed by atoms with Gasteiger partial charge in [0, 0.05) is 0 Å². The zero-order valence-electron chi connectivity index (χ0n) is 15.0. The summed E-state index contributed by atoms with van der Waals surface area (Å²) in [6.45, 7) is 4.77. The first-order valence-electron chi connectivity index (χ1n) is 9.85. The van der Waals surface area contributed by atoms with Gasteiger partial charge in [0.1, 0.15) is 0 Å². The fourth-order valence-electron chi connectivity index (χ4n) is 2.95. The molecule has 0 atom stereocenters. The van der Waals surface area contributed by atoms with Crippen molar-refractivity contribution >= 4 is 0 Å². The Morgan fingerprint density at radius 3 is 1.05 bits per heavy atom. The molecule has 0 rings (SSSR count). The Balaban J connectivity index is 2.93. The van der Waals surface area contributed by atoms with Crippen molar-refractivity contribution in [2.24, 2.45) is 5.92 Å². The summed E-state index contributed by atoms with van der Waals surface area (Å²) < 4.78 is 0. The smallest absolute Gasteiger partial charge is 0.0822 e. The van der Waals surface area contributed by atoms with E-state index < -0.39 is 0 Å². The SMILES string of the molecule is CC(C)CCCCCCCCCCCCCCCCC[O]. The Kier molecular flexibility index (Phi) is 18.0. The van der Waals surface area contributed by atoms with Crippen LogP contribution in [-0.4, -0.2) is 6.61 Å². The number of unbranched alkanes of at least 4 members (excludes halogenated alkanes) is 14. The normalized spacial score (nSPS) is 11.4. The first-order valence-corrected chi connectivity index (χ1v) is 9.85. The minimum absolute atomic E-state index is 0.123. The van der Waals surface area contributed by atoms with Gasteiger partial charge in [-0.15, -0.1) is 0 Å². The molecule has 0 unspecified atom stereocenters. The average Bonchev–Trinajstić information content (AvgIpc) is 2.46. The van der Waals surface area contributed by atoms with Crippen LogP contribution in [0.2, 0.25) is 0 Å². The molecule has 0 aromatic carbocycles. The van der Waals surface area contributed by atoms with Crippen LogP contribution in [-0.2, 0) is 5.11 Å². The second-order valence-corrected chi connectivity index (χ2v) is 7.19. The predicted molar refractivity (Wildman–Crippen MR) is 94.3 cm³/mol. The van der Waals surface area contributed by atoms with Gasteiger partial charge < -0.3 is 0 Å². The monoisotopic (exact) mass is 297 g/mol. The molecule has 1 radical (unpaired) electrons. The fraction of sp³-hybridized carbons (Fsp3) is 1.00. The van der Waals surface area contributed by atoms with Gasteiger partial charge >= 0.3 is 0 Å². The van der Waals surface area contributed by atoms with E-state index in [0.29, 0.717) is 0 Å². The highest BCUT2D eigenvalue weighted by molar-refractivity contribution is 4.51. The largest absolute Gasteiger partial charge is 0.237 e. The molecule has 1 nitrogen and oxygen atoms in total. The van der Waals surface area contributed by atoms with Crippen molar-refractivity contribution in [2.45, 2.75) is 117 Å². The van der Waals surface area contributed by atoms with E-state index >= 15 is 0 Å². The fourth-order valence-corrected chi connectivity index (χ4v) is 2.95. The molecule has 1 heteroatoms. The summed E-state index contributed by atoms with van der Waals surface area (Å²) in [4.78, 5) is 0. The molecule has 0 saturated heterocycles. The van der Waals surface area contributed by atoms with Crippen molar-refractivity contribution < 1.29 is 5.11 Å². The molecule has 127 valence electrons. The summed E-state index contributed by atoms with van der Waals surface area (Å²) in [5.74, 6) is 0.886. The van der Waals surface area contributed by atoms with Crippen molar-refractivity contribution in [1.82, 2.24) is 0 Å². The highest BCUT2D eigenvalue weighted by Gasteiger charge is 1.96.